The number of hydrogen-bond donors (Lipinski definition) is 1. The maximum atomic E-state index is 13.0. The van der Waals surface area contributed by atoms with Crippen LogP contribution in [0.25, 0.3) is 10.2 Å². The Kier molecular flexibility index (Phi) is 6.29. The van der Waals surface area contributed by atoms with Crippen molar-refractivity contribution in [3.05, 3.63) is 61.5 Å². The van der Waals surface area contributed by atoms with Crippen molar-refractivity contribution in [2.45, 2.75) is 45.6 Å². The minimum absolute atomic E-state index is 0.0146. The summed E-state index contributed by atoms with van der Waals surface area (Å²) in [7, 11) is 0. The van der Waals surface area contributed by atoms with Gasteiger partial charge in [0.15, 0.2) is 0 Å². The number of nitrogens with one attached hydrogen (secondary N) is 1. The van der Waals surface area contributed by atoms with Crippen LogP contribution in [0.4, 0.5) is 0 Å². The third kappa shape index (κ3) is 4.34. The van der Waals surface area contributed by atoms with E-state index in [9.17, 15) is 9.59 Å². The van der Waals surface area contributed by atoms with Gasteiger partial charge in [0.05, 0.1) is 22.0 Å². The van der Waals surface area contributed by atoms with Crippen LogP contribution in [0.5, 0.6) is 0 Å². The molecule has 1 aliphatic carbocycles. The van der Waals surface area contributed by atoms with Crippen LogP contribution < -0.4 is 5.56 Å². The lowest BCUT2D eigenvalue weighted by Crippen LogP contribution is -2.36. The maximum absolute atomic E-state index is 13.0. The molecule has 2 atom stereocenters. The largest absolute Gasteiger partial charge is 0.337 e. The van der Waals surface area contributed by atoms with Crippen molar-refractivity contribution in [1.82, 2.24) is 19.8 Å². The normalized spacial score (nSPS) is 20.5. The predicted octanol–water partition coefficient (Wildman–Crippen LogP) is 4.67. The Balaban J connectivity index is 1.34. The number of H-pyrrole nitrogens is 1. The summed E-state index contributed by atoms with van der Waals surface area (Å²) < 4.78 is 0. The van der Waals surface area contributed by atoms with Crippen molar-refractivity contribution in [3.8, 4) is 0 Å². The molecular weight excluding hydrogens is 456 g/mol. The van der Waals surface area contributed by atoms with Crippen LogP contribution in [0.15, 0.2) is 29.1 Å². The summed E-state index contributed by atoms with van der Waals surface area (Å²) >= 11 is 7.94. The average Bonchev–Trinajstić information content (AvgIpc) is 2.99. The molecule has 1 saturated heterocycles. The summed E-state index contributed by atoms with van der Waals surface area (Å²) in [5.74, 6) is 1.35. The van der Waals surface area contributed by atoms with E-state index in [0.29, 0.717) is 35.4 Å². The number of aromatic amines is 1. The van der Waals surface area contributed by atoms with Gasteiger partial charge in [-0.1, -0.05) is 30.7 Å². The third-order valence-electron chi connectivity index (χ3n) is 7.05. The second-order valence-electron chi connectivity index (χ2n) is 9.32. The van der Waals surface area contributed by atoms with Crippen LogP contribution in [0.2, 0.25) is 5.02 Å². The quantitative estimate of drug-likeness (QED) is 0.586. The molecule has 1 aliphatic heterocycles. The van der Waals surface area contributed by atoms with Crippen LogP contribution in [0, 0.1) is 5.92 Å². The molecular formula is C25H29ClN4O2S. The van der Waals surface area contributed by atoms with Crippen molar-refractivity contribution in [2.75, 3.05) is 26.2 Å². The SMILES string of the molecule is CC1CCc2c(sc3nc(C(C)N4CCCN(C(=O)c5ccccc5Cl)CC4)[nH]c(=O)c23)C1. The van der Waals surface area contributed by atoms with Crippen molar-refractivity contribution in [2.24, 2.45) is 5.92 Å². The number of aryl methyl sites for hydroxylation is 1. The molecule has 0 spiro atoms. The minimum Gasteiger partial charge on any atom is -0.337 e. The van der Waals surface area contributed by atoms with E-state index in [4.69, 9.17) is 16.6 Å². The van der Waals surface area contributed by atoms with Gasteiger partial charge in [0.25, 0.3) is 11.5 Å². The molecule has 1 aromatic carbocycles. The van der Waals surface area contributed by atoms with Gasteiger partial charge in [-0.05, 0) is 56.2 Å². The first-order valence-electron chi connectivity index (χ1n) is 11.7. The summed E-state index contributed by atoms with van der Waals surface area (Å²) in [5, 5.41) is 1.28. The minimum atomic E-state index is -0.0319. The molecule has 2 aliphatic rings. The zero-order valence-electron chi connectivity index (χ0n) is 19.1. The van der Waals surface area contributed by atoms with Crippen molar-refractivity contribution < 1.29 is 4.79 Å². The molecule has 2 aromatic heterocycles. The highest BCUT2D eigenvalue weighted by atomic mass is 35.5. The molecule has 33 heavy (non-hydrogen) atoms. The fourth-order valence-corrected chi connectivity index (χ4v) is 6.68. The molecule has 8 heteroatoms. The lowest BCUT2D eigenvalue weighted by atomic mass is 9.89. The van der Waals surface area contributed by atoms with Crippen LogP contribution in [-0.4, -0.2) is 51.9 Å². The van der Waals surface area contributed by atoms with Gasteiger partial charge in [0.1, 0.15) is 10.7 Å². The first-order valence-corrected chi connectivity index (χ1v) is 12.9. The molecule has 3 heterocycles. The Morgan fingerprint density at radius 1 is 1.24 bits per heavy atom. The number of carbonyl (C=O) groups excluding carboxylic acids is 1. The number of hydrogen-bond acceptors (Lipinski definition) is 5. The van der Waals surface area contributed by atoms with E-state index < -0.39 is 0 Å². The van der Waals surface area contributed by atoms with E-state index in [-0.39, 0.29) is 17.5 Å². The molecule has 0 bridgehead atoms. The smallest absolute Gasteiger partial charge is 0.259 e. The van der Waals surface area contributed by atoms with E-state index in [1.807, 2.05) is 17.0 Å². The Morgan fingerprint density at radius 3 is 2.88 bits per heavy atom. The Bertz CT molecular complexity index is 1250. The number of fused-ring (bicyclic) bond motifs is 3. The first-order chi connectivity index (χ1) is 15.9. The number of halogens is 1. The van der Waals surface area contributed by atoms with Gasteiger partial charge in [-0.25, -0.2) is 4.98 Å². The van der Waals surface area contributed by atoms with E-state index in [1.54, 1.807) is 23.5 Å². The van der Waals surface area contributed by atoms with E-state index in [2.05, 4.69) is 23.7 Å². The maximum Gasteiger partial charge on any atom is 0.259 e. The molecule has 3 aromatic rings. The third-order valence-corrected chi connectivity index (χ3v) is 8.53. The van der Waals surface area contributed by atoms with Gasteiger partial charge in [0, 0.05) is 31.1 Å². The number of aromatic nitrogens is 2. The number of amides is 1. The fourth-order valence-electron chi connectivity index (χ4n) is 5.07. The summed E-state index contributed by atoms with van der Waals surface area (Å²) in [6, 6.07) is 7.17. The number of rotatable bonds is 3. The van der Waals surface area contributed by atoms with Gasteiger partial charge in [-0.2, -0.15) is 0 Å². The standard InChI is InChI=1S/C25H29ClN4O2S/c1-15-8-9-18-20(14-15)33-24-21(18)23(31)27-22(28-24)16(2)29-10-5-11-30(13-12-29)25(32)17-6-3-4-7-19(17)26/h3-4,6-7,15-16H,5,8-14H2,1-2H3,(H,27,28,31). The first kappa shape index (κ1) is 22.6. The summed E-state index contributed by atoms with van der Waals surface area (Å²) in [6.45, 7) is 7.23. The van der Waals surface area contributed by atoms with E-state index >= 15 is 0 Å². The Labute approximate surface area is 202 Å². The van der Waals surface area contributed by atoms with Gasteiger partial charge in [-0.15, -0.1) is 11.3 Å². The molecule has 5 rings (SSSR count). The number of nitrogens with zero attached hydrogens (tertiary/aromatic N) is 3. The van der Waals surface area contributed by atoms with Crippen LogP contribution in [-0.2, 0) is 12.8 Å². The molecule has 1 fully saturated rings. The summed E-state index contributed by atoms with van der Waals surface area (Å²) in [4.78, 5) is 40.4. The average molecular weight is 485 g/mol. The topological polar surface area (TPSA) is 69.3 Å². The highest BCUT2D eigenvalue weighted by Gasteiger charge is 2.27. The molecule has 1 N–H and O–H groups in total. The monoisotopic (exact) mass is 484 g/mol. The molecule has 2 unspecified atom stereocenters. The van der Waals surface area contributed by atoms with Gasteiger partial charge < -0.3 is 9.88 Å². The van der Waals surface area contributed by atoms with Crippen LogP contribution in [0.3, 0.4) is 0 Å². The molecule has 0 saturated carbocycles. The van der Waals surface area contributed by atoms with Crippen molar-refractivity contribution in [1.29, 1.82) is 0 Å². The highest BCUT2D eigenvalue weighted by Crippen LogP contribution is 2.36. The predicted molar refractivity (Wildman–Crippen MR) is 133 cm³/mol. The number of carbonyl (C=O) groups is 1. The van der Waals surface area contributed by atoms with E-state index in [1.165, 1.54) is 10.4 Å². The van der Waals surface area contributed by atoms with Crippen LogP contribution >= 0.6 is 22.9 Å². The zero-order chi connectivity index (χ0) is 23.1. The van der Waals surface area contributed by atoms with Crippen molar-refractivity contribution in [3.63, 3.8) is 0 Å². The highest BCUT2D eigenvalue weighted by molar-refractivity contribution is 7.18. The summed E-state index contributed by atoms with van der Waals surface area (Å²) in [6.07, 6.45) is 4.01. The van der Waals surface area contributed by atoms with Crippen molar-refractivity contribution >= 4 is 39.1 Å². The number of benzene rings is 1. The molecule has 6 nitrogen and oxygen atoms in total. The Hall–Kier alpha value is -2.22. The van der Waals surface area contributed by atoms with Crippen LogP contribution in [0.1, 0.15) is 59.4 Å². The second-order valence-corrected chi connectivity index (χ2v) is 10.8. The number of thiophene rings is 1. The lowest BCUT2D eigenvalue weighted by Gasteiger charge is -2.27. The van der Waals surface area contributed by atoms with Gasteiger partial charge in [0.2, 0.25) is 0 Å². The Morgan fingerprint density at radius 2 is 2.06 bits per heavy atom. The van der Waals surface area contributed by atoms with Gasteiger partial charge >= 0.3 is 0 Å². The lowest BCUT2D eigenvalue weighted by molar-refractivity contribution is 0.0758. The molecule has 1 amide bonds. The van der Waals surface area contributed by atoms with E-state index in [0.717, 1.165) is 49.0 Å². The van der Waals surface area contributed by atoms with Gasteiger partial charge in [-0.3, -0.25) is 14.5 Å². The fraction of sp³-hybridized carbons (Fsp3) is 0.480. The molecule has 174 valence electrons. The summed E-state index contributed by atoms with van der Waals surface area (Å²) in [5.41, 5.74) is 1.75. The molecule has 0 radical (unpaired) electrons. The zero-order valence-corrected chi connectivity index (χ0v) is 20.6. The second kappa shape index (κ2) is 9.20.